The molecular weight excluding hydrogens is 190 g/mol. The Bertz CT molecular complexity index is 552. The highest BCUT2D eigenvalue weighted by molar-refractivity contribution is 6.03. The van der Waals surface area contributed by atoms with Crippen molar-refractivity contribution in [1.29, 1.82) is 0 Å². The van der Waals surface area contributed by atoms with E-state index in [2.05, 4.69) is 0 Å². The summed E-state index contributed by atoms with van der Waals surface area (Å²) >= 11 is 0. The van der Waals surface area contributed by atoms with Gasteiger partial charge in [0.1, 0.15) is 11.3 Å². The van der Waals surface area contributed by atoms with Crippen molar-refractivity contribution in [2.24, 2.45) is 0 Å². The summed E-state index contributed by atoms with van der Waals surface area (Å²) in [5.74, 6) is 0.825. The van der Waals surface area contributed by atoms with Gasteiger partial charge in [0.05, 0.1) is 0 Å². The molecule has 0 atom stereocenters. The summed E-state index contributed by atoms with van der Waals surface area (Å²) in [7, 11) is 0. The topological polar surface area (TPSA) is 56.2 Å². The fraction of sp³-hybridized carbons (Fsp3) is 0.250. The molecule has 0 saturated heterocycles. The van der Waals surface area contributed by atoms with Crippen molar-refractivity contribution in [3.8, 4) is 0 Å². The molecule has 1 aromatic heterocycles. The van der Waals surface area contributed by atoms with E-state index in [1.54, 1.807) is 12.1 Å². The molecule has 0 spiro atoms. The molecule has 3 nitrogen and oxygen atoms in total. The van der Waals surface area contributed by atoms with Crippen LogP contribution in [-0.2, 0) is 0 Å². The van der Waals surface area contributed by atoms with Gasteiger partial charge >= 0.3 is 0 Å². The molecule has 2 rings (SSSR count). The van der Waals surface area contributed by atoms with Crippen LogP contribution in [0.15, 0.2) is 16.5 Å². The van der Waals surface area contributed by atoms with Crippen molar-refractivity contribution in [2.45, 2.75) is 20.8 Å². The predicted octanol–water partition coefficient (Wildman–Crippen LogP) is 2.83. The highest BCUT2D eigenvalue weighted by atomic mass is 16.3. The highest BCUT2D eigenvalue weighted by Crippen LogP contribution is 2.29. The number of aryl methyl sites for hydroxylation is 2. The van der Waals surface area contributed by atoms with Gasteiger partial charge in [0.25, 0.3) is 0 Å². The quantitative estimate of drug-likeness (QED) is 0.572. The van der Waals surface area contributed by atoms with Crippen LogP contribution in [0.4, 0.5) is 5.69 Å². The van der Waals surface area contributed by atoms with Gasteiger partial charge in [0.15, 0.2) is 5.78 Å². The third kappa shape index (κ3) is 1.40. The highest BCUT2D eigenvalue weighted by Gasteiger charge is 2.12. The third-order valence-corrected chi connectivity index (χ3v) is 2.73. The van der Waals surface area contributed by atoms with Crippen LogP contribution in [0.3, 0.4) is 0 Å². The zero-order valence-electron chi connectivity index (χ0n) is 9.05. The molecule has 0 unspecified atom stereocenters. The van der Waals surface area contributed by atoms with E-state index in [4.69, 9.17) is 10.2 Å². The summed E-state index contributed by atoms with van der Waals surface area (Å²) in [5.41, 5.74) is 8.64. The number of fused-ring (bicyclic) bond motifs is 1. The van der Waals surface area contributed by atoms with Gasteiger partial charge in [-0.2, -0.15) is 0 Å². The predicted molar refractivity (Wildman–Crippen MR) is 60.1 cm³/mol. The summed E-state index contributed by atoms with van der Waals surface area (Å²) < 4.78 is 5.54. The minimum absolute atomic E-state index is 0.0406. The van der Waals surface area contributed by atoms with E-state index in [9.17, 15) is 4.79 Å². The van der Waals surface area contributed by atoms with Crippen LogP contribution in [0, 0.1) is 13.8 Å². The molecular formula is C12H13NO2. The second-order valence-electron chi connectivity index (χ2n) is 3.78. The van der Waals surface area contributed by atoms with E-state index in [0.29, 0.717) is 11.3 Å². The number of carbonyl (C=O) groups is 1. The lowest BCUT2D eigenvalue weighted by atomic mass is 10.1. The Balaban J connectivity index is 2.82. The van der Waals surface area contributed by atoms with Gasteiger partial charge in [0, 0.05) is 16.6 Å². The number of nitrogen functional groups attached to an aromatic ring is 1. The Morgan fingerprint density at radius 3 is 2.60 bits per heavy atom. The molecule has 78 valence electrons. The van der Waals surface area contributed by atoms with Crippen LogP contribution >= 0.6 is 0 Å². The number of nitrogens with two attached hydrogens (primary N) is 1. The van der Waals surface area contributed by atoms with E-state index in [1.165, 1.54) is 6.92 Å². The number of furan rings is 1. The summed E-state index contributed by atoms with van der Waals surface area (Å²) in [6.45, 7) is 5.38. The van der Waals surface area contributed by atoms with Gasteiger partial charge in [-0.25, -0.2) is 0 Å². The van der Waals surface area contributed by atoms with Gasteiger partial charge < -0.3 is 10.2 Å². The second kappa shape index (κ2) is 3.12. The average Bonchev–Trinajstić information content (AvgIpc) is 2.43. The van der Waals surface area contributed by atoms with E-state index in [0.717, 1.165) is 22.3 Å². The Kier molecular flexibility index (Phi) is 2.03. The number of carbonyl (C=O) groups excluding carboxylic acids is 1. The normalized spacial score (nSPS) is 10.9. The standard InChI is InChI=1S/C12H13NO2/c1-6-8(3)15-12-5-10(7(2)14)11(13)4-9(6)12/h4-5H,13H2,1-3H3. The fourth-order valence-electron chi connectivity index (χ4n) is 1.71. The van der Waals surface area contributed by atoms with Crippen molar-refractivity contribution in [2.75, 3.05) is 5.73 Å². The number of benzene rings is 1. The average molecular weight is 203 g/mol. The third-order valence-electron chi connectivity index (χ3n) is 2.73. The first-order valence-electron chi connectivity index (χ1n) is 4.81. The monoisotopic (exact) mass is 203 g/mol. The molecule has 2 N–H and O–H groups in total. The molecule has 0 aliphatic heterocycles. The summed E-state index contributed by atoms with van der Waals surface area (Å²) in [6, 6.07) is 3.52. The number of Topliss-reactive ketones (excluding diaryl/α,β-unsaturated/α-hetero) is 1. The van der Waals surface area contributed by atoms with Crippen LogP contribution in [0.1, 0.15) is 28.6 Å². The molecule has 0 bridgehead atoms. The van der Waals surface area contributed by atoms with E-state index < -0.39 is 0 Å². The number of ketones is 1. The van der Waals surface area contributed by atoms with Crippen molar-refractivity contribution in [3.63, 3.8) is 0 Å². The SMILES string of the molecule is CC(=O)c1cc2oc(C)c(C)c2cc1N. The van der Waals surface area contributed by atoms with Crippen molar-refractivity contribution < 1.29 is 9.21 Å². The van der Waals surface area contributed by atoms with E-state index >= 15 is 0 Å². The minimum atomic E-state index is -0.0406. The first-order chi connectivity index (χ1) is 7.00. The van der Waals surface area contributed by atoms with Crippen molar-refractivity contribution in [3.05, 3.63) is 29.0 Å². The molecule has 0 aliphatic rings. The molecule has 0 aliphatic carbocycles. The summed E-state index contributed by atoms with van der Waals surface area (Å²) in [6.07, 6.45) is 0. The van der Waals surface area contributed by atoms with Gasteiger partial charge in [-0.1, -0.05) is 0 Å². The zero-order chi connectivity index (χ0) is 11.2. The van der Waals surface area contributed by atoms with Gasteiger partial charge in [-0.05, 0) is 38.5 Å². The first-order valence-corrected chi connectivity index (χ1v) is 4.81. The maximum absolute atomic E-state index is 11.3. The number of hydrogen-bond donors (Lipinski definition) is 1. The Hall–Kier alpha value is -1.77. The van der Waals surface area contributed by atoms with Gasteiger partial charge in [-0.3, -0.25) is 4.79 Å². The molecule has 0 fully saturated rings. The lowest BCUT2D eigenvalue weighted by molar-refractivity contribution is 0.101. The van der Waals surface area contributed by atoms with E-state index in [1.807, 2.05) is 13.8 Å². The lowest BCUT2D eigenvalue weighted by Crippen LogP contribution is -1.98. The smallest absolute Gasteiger partial charge is 0.162 e. The number of hydrogen-bond acceptors (Lipinski definition) is 3. The zero-order valence-corrected chi connectivity index (χ0v) is 9.05. The van der Waals surface area contributed by atoms with Gasteiger partial charge in [0.2, 0.25) is 0 Å². The maximum Gasteiger partial charge on any atom is 0.162 e. The van der Waals surface area contributed by atoms with Crippen LogP contribution in [0.2, 0.25) is 0 Å². The largest absolute Gasteiger partial charge is 0.461 e. The molecule has 3 heteroatoms. The molecule has 2 aromatic rings. The molecule has 0 amide bonds. The summed E-state index contributed by atoms with van der Waals surface area (Å²) in [5, 5.41) is 0.981. The summed E-state index contributed by atoms with van der Waals surface area (Å²) in [4.78, 5) is 11.3. The Morgan fingerprint density at radius 1 is 1.33 bits per heavy atom. The number of rotatable bonds is 1. The fourth-order valence-corrected chi connectivity index (χ4v) is 1.71. The number of anilines is 1. The molecule has 1 aromatic carbocycles. The first kappa shape index (κ1) is 9.77. The lowest BCUT2D eigenvalue weighted by Gasteiger charge is -2.01. The Morgan fingerprint density at radius 2 is 2.00 bits per heavy atom. The van der Waals surface area contributed by atoms with E-state index in [-0.39, 0.29) is 5.78 Å². The maximum atomic E-state index is 11.3. The van der Waals surface area contributed by atoms with Crippen LogP contribution in [0.5, 0.6) is 0 Å². The van der Waals surface area contributed by atoms with Crippen molar-refractivity contribution >= 4 is 22.4 Å². The second-order valence-corrected chi connectivity index (χ2v) is 3.78. The van der Waals surface area contributed by atoms with Gasteiger partial charge in [-0.15, -0.1) is 0 Å². The molecule has 0 radical (unpaired) electrons. The molecule has 15 heavy (non-hydrogen) atoms. The minimum Gasteiger partial charge on any atom is -0.461 e. The van der Waals surface area contributed by atoms with Crippen LogP contribution < -0.4 is 5.73 Å². The molecule has 0 saturated carbocycles. The van der Waals surface area contributed by atoms with Crippen LogP contribution in [-0.4, -0.2) is 5.78 Å². The molecule has 1 heterocycles. The van der Waals surface area contributed by atoms with Crippen LogP contribution in [0.25, 0.3) is 11.0 Å². The van der Waals surface area contributed by atoms with Crippen molar-refractivity contribution in [1.82, 2.24) is 0 Å². The Labute approximate surface area is 87.9 Å².